The van der Waals surface area contributed by atoms with E-state index in [4.69, 9.17) is 10.5 Å². The van der Waals surface area contributed by atoms with Crippen LogP contribution < -0.4 is 10.5 Å². The van der Waals surface area contributed by atoms with Crippen LogP contribution in [-0.2, 0) is 0 Å². The lowest BCUT2D eigenvalue weighted by Crippen LogP contribution is -2.11. The zero-order valence-corrected chi connectivity index (χ0v) is 9.31. The number of ether oxygens (including phenoxy) is 1. The quantitative estimate of drug-likeness (QED) is 0.753. The molecular weight excluding hydrogens is 188 g/mol. The van der Waals surface area contributed by atoms with E-state index in [1.807, 2.05) is 19.9 Å². The van der Waals surface area contributed by atoms with Crippen molar-refractivity contribution in [3.8, 4) is 5.75 Å². The van der Waals surface area contributed by atoms with Crippen molar-refractivity contribution in [1.82, 2.24) is 4.98 Å². The van der Waals surface area contributed by atoms with Gasteiger partial charge in [-0.05, 0) is 31.9 Å². The molecule has 82 valence electrons. The first-order valence-corrected chi connectivity index (χ1v) is 5.11. The Labute approximate surface area is 91.0 Å². The fourth-order valence-electron chi connectivity index (χ4n) is 1.29. The van der Waals surface area contributed by atoms with E-state index in [1.165, 1.54) is 0 Å². The van der Waals surface area contributed by atoms with Crippen molar-refractivity contribution in [2.45, 2.75) is 32.4 Å². The zero-order chi connectivity index (χ0) is 11.3. The average Bonchev–Trinajstić information content (AvgIpc) is 2.17. The Kier molecular flexibility index (Phi) is 4.31. The normalized spacial score (nSPS) is 12.5. The summed E-state index contributed by atoms with van der Waals surface area (Å²) < 4.78 is 5.54. The third-order valence-corrected chi connectivity index (χ3v) is 1.95. The van der Waals surface area contributed by atoms with E-state index in [9.17, 15) is 0 Å². The molecule has 0 amide bonds. The van der Waals surface area contributed by atoms with E-state index in [0.717, 1.165) is 17.7 Å². The largest absolute Gasteiger partial charge is 0.489 e. The molecule has 1 aromatic rings. The molecular formula is C12H18N2O. The van der Waals surface area contributed by atoms with E-state index in [0.29, 0.717) is 0 Å². The van der Waals surface area contributed by atoms with Gasteiger partial charge in [0.05, 0.1) is 12.3 Å². The molecule has 1 unspecified atom stereocenters. The van der Waals surface area contributed by atoms with Crippen molar-refractivity contribution >= 4 is 0 Å². The van der Waals surface area contributed by atoms with E-state index >= 15 is 0 Å². The smallest absolute Gasteiger partial charge is 0.138 e. The molecule has 3 heteroatoms. The van der Waals surface area contributed by atoms with Crippen LogP contribution in [0.3, 0.4) is 0 Å². The first kappa shape index (κ1) is 11.7. The second-order valence-electron chi connectivity index (χ2n) is 3.75. The summed E-state index contributed by atoms with van der Waals surface area (Å²) in [6.45, 7) is 7.63. The highest BCUT2D eigenvalue weighted by molar-refractivity contribution is 5.26. The maximum absolute atomic E-state index is 5.94. The maximum atomic E-state index is 5.94. The van der Waals surface area contributed by atoms with Crippen molar-refractivity contribution < 1.29 is 4.74 Å². The molecule has 0 fully saturated rings. The Morgan fingerprint density at radius 1 is 1.53 bits per heavy atom. The van der Waals surface area contributed by atoms with Gasteiger partial charge in [-0.15, -0.1) is 6.58 Å². The average molecular weight is 206 g/mol. The monoisotopic (exact) mass is 206 g/mol. The molecule has 0 aliphatic rings. The number of hydrogen-bond acceptors (Lipinski definition) is 3. The molecule has 1 heterocycles. The van der Waals surface area contributed by atoms with Crippen molar-refractivity contribution in [1.29, 1.82) is 0 Å². The number of nitrogens with two attached hydrogens (primary N) is 1. The van der Waals surface area contributed by atoms with Gasteiger partial charge in [0.25, 0.3) is 0 Å². The van der Waals surface area contributed by atoms with Gasteiger partial charge < -0.3 is 10.5 Å². The summed E-state index contributed by atoms with van der Waals surface area (Å²) in [5, 5.41) is 0. The molecule has 1 aromatic heterocycles. The molecule has 0 bridgehead atoms. The van der Waals surface area contributed by atoms with Crippen molar-refractivity contribution in [3.05, 3.63) is 36.7 Å². The molecule has 1 rings (SSSR count). The molecule has 1 atom stereocenters. The maximum Gasteiger partial charge on any atom is 0.138 e. The Balaban J connectivity index is 2.77. The summed E-state index contributed by atoms with van der Waals surface area (Å²) in [6.07, 6.45) is 6.16. The van der Waals surface area contributed by atoms with E-state index in [-0.39, 0.29) is 12.1 Å². The summed E-state index contributed by atoms with van der Waals surface area (Å²) >= 11 is 0. The van der Waals surface area contributed by atoms with Gasteiger partial charge in [-0.25, -0.2) is 0 Å². The molecule has 0 spiro atoms. The molecule has 15 heavy (non-hydrogen) atoms. The van der Waals surface area contributed by atoms with Crippen LogP contribution in [0.5, 0.6) is 5.75 Å². The molecule has 2 N–H and O–H groups in total. The minimum atomic E-state index is -0.0503. The molecule has 0 saturated heterocycles. The minimum absolute atomic E-state index is 0.0503. The van der Waals surface area contributed by atoms with Gasteiger partial charge in [0.15, 0.2) is 0 Å². The summed E-state index contributed by atoms with van der Waals surface area (Å²) in [7, 11) is 0. The van der Waals surface area contributed by atoms with Crippen LogP contribution in [0.4, 0.5) is 0 Å². The number of pyridine rings is 1. The predicted octanol–water partition coefficient (Wildman–Crippen LogP) is 2.44. The molecule has 3 nitrogen and oxygen atoms in total. The van der Waals surface area contributed by atoms with Crippen molar-refractivity contribution in [2.75, 3.05) is 0 Å². The third kappa shape index (κ3) is 3.72. The standard InChI is InChI=1S/C12H18N2O/c1-4-5-12(13)10-6-11(8-14-7-10)15-9(2)3/h4,6-9,12H,1,5,13H2,2-3H3. The topological polar surface area (TPSA) is 48.1 Å². The Bertz CT molecular complexity index is 323. The van der Waals surface area contributed by atoms with Gasteiger partial charge in [0, 0.05) is 12.2 Å². The van der Waals surface area contributed by atoms with Crippen LogP contribution in [0, 0.1) is 0 Å². The van der Waals surface area contributed by atoms with Gasteiger partial charge in [0.1, 0.15) is 5.75 Å². The molecule has 0 saturated carbocycles. The summed E-state index contributed by atoms with van der Waals surface area (Å²) in [5.74, 6) is 0.766. The van der Waals surface area contributed by atoms with Crippen LogP contribution in [-0.4, -0.2) is 11.1 Å². The minimum Gasteiger partial charge on any atom is -0.489 e. The highest BCUT2D eigenvalue weighted by atomic mass is 16.5. The van der Waals surface area contributed by atoms with Crippen molar-refractivity contribution in [2.24, 2.45) is 5.73 Å². The second kappa shape index (κ2) is 5.51. The fraction of sp³-hybridized carbons (Fsp3) is 0.417. The molecule has 0 aliphatic carbocycles. The van der Waals surface area contributed by atoms with Gasteiger partial charge in [0.2, 0.25) is 0 Å². The first-order chi connectivity index (χ1) is 7.13. The predicted molar refractivity (Wildman–Crippen MR) is 61.7 cm³/mol. The third-order valence-electron chi connectivity index (χ3n) is 1.95. The molecule has 0 aromatic carbocycles. The Hall–Kier alpha value is -1.35. The highest BCUT2D eigenvalue weighted by Crippen LogP contribution is 2.19. The van der Waals surface area contributed by atoms with E-state index in [1.54, 1.807) is 18.5 Å². The van der Waals surface area contributed by atoms with Gasteiger partial charge in [-0.2, -0.15) is 0 Å². The van der Waals surface area contributed by atoms with Crippen LogP contribution in [0.2, 0.25) is 0 Å². The summed E-state index contributed by atoms with van der Waals surface area (Å²) in [4.78, 5) is 4.10. The molecule has 0 aliphatic heterocycles. The number of hydrogen-bond donors (Lipinski definition) is 1. The van der Waals surface area contributed by atoms with E-state index in [2.05, 4.69) is 11.6 Å². The van der Waals surface area contributed by atoms with Gasteiger partial charge >= 0.3 is 0 Å². The first-order valence-electron chi connectivity index (χ1n) is 5.11. The van der Waals surface area contributed by atoms with Crippen LogP contribution in [0.15, 0.2) is 31.1 Å². The van der Waals surface area contributed by atoms with Gasteiger partial charge in [-0.3, -0.25) is 4.98 Å². The lowest BCUT2D eigenvalue weighted by Gasteiger charge is -2.13. The Morgan fingerprint density at radius 3 is 2.87 bits per heavy atom. The Morgan fingerprint density at radius 2 is 2.27 bits per heavy atom. The number of nitrogens with zero attached hydrogens (tertiary/aromatic N) is 1. The number of aromatic nitrogens is 1. The lowest BCUT2D eigenvalue weighted by molar-refractivity contribution is 0.241. The fourth-order valence-corrected chi connectivity index (χ4v) is 1.29. The van der Waals surface area contributed by atoms with Crippen LogP contribution in [0.1, 0.15) is 31.9 Å². The van der Waals surface area contributed by atoms with Gasteiger partial charge in [-0.1, -0.05) is 6.08 Å². The molecule has 0 radical (unpaired) electrons. The summed E-state index contributed by atoms with van der Waals surface area (Å²) in [6, 6.07) is 1.88. The van der Waals surface area contributed by atoms with Crippen LogP contribution in [0.25, 0.3) is 0 Å². The number of rotatable bonds is 5. The SMILES string of the molecule is C=CCC(N)c1cncc(OC(C)C)c1. The summed E-state index contributed by atoms with van der Waals surface area (Å²) in [5.41, 5.74) is 6.92. The zero-order valence-electron chi connectivity index (χ0n) is 9.31. The van der Waals surface area contributed by atoms with Crippen molar-refractivity contribution in [3.63, 3.8) is 0 Å². The lowest BCUT2D eigenvalue weighted by atomic mass is 10.1. The van der Waals surface area contributed by atoms with Crippen LogP contribution >= 0.6 is 0 Å². The van der Waals surface area contributed by atoms with E-state index < -0.39 is 0 Å². The highest BCUT2D eigenvalue weighted by Gasteiger charge is 2.06. The second-order valence-corrected chi connectivity index (χ2v) is 3.75.